The zero-order valence-electron chi connectivity index (χ0n) is 39.8. The smallest absolute Gasteiger partial charge is 0.273 e. The van der Waals surface area contributed by atoms with Crippen molar-refractivity contribution < 1.29 is 47.7 Å². The molecule has 0 saturated carbocycles. The van der Waals surface area contributed by atoms with E-state index in [0.717, 1.165) is 38.5 Å². The van der Waals surface area contributed by atoms with Crippen molar-refractivity contribution in [1.82, 2.24) is 5.32 Å². The average molecular weight is 904 g/mol. The first-order chi connectivity index (χ1) is 30.1. The van der Waals surface area contributed by atoms with Crippen LogP contribution >= 0.6 is 0 Å². The monoisotopic (exact) mass is 904 g/mol. The summed E-state index contributed by atoms with van der Waals surface area (Å²) in [5, 5.41) is 42.5. The van der Waals surface area contributed by atoms with Crippen LogP contribution in [0.25, 0.3) is 0 Å². The number of unbranched alkanes of at least 4 members (excludes halogenated alkanes) is 33. The van der Waals surface area contributed by atoms with Crippen molar-refractivity contribution in [1.29, 1.82) is 0 Å². The van der Waals surface area contributed by atoms with E-state index in [4.69, 9.17) is 9.47 Å². The third-order valence-electron chi connectivity index (χ3n) is 12.7. The Morgan fingerprint density at radius 2 is 0.984 bits per heavy atom. The molecule has 6 N–H and O–H groups in total. The van der Waals surface area contributed by atoms with Gasteiger partial charge in [-0.2, -0.15) is 8.42 Å². The lowest BCUT2D eigenvalue weighted by Gasteiger charge is -2.40. The minimum absolute atomic E-state index is 0.260. The Labute approximate surface area is 380 Å². The molecule has 1 aliphatic rings. The third kappa shape index (κ3) is 30.9. The van der Waals surface area contributed by atoms with Crippen LogP contribution in [-0.2, 0) is 24.4 Å². The van der Waals surface area contributed by atoms with E-state index in [9.17, 15) is 38.2 Å². The highest BCUT2D eigenvalue weighted by Gasteiger charge is 2.51. The van der Waals surface area contributed by atoms with Crippen LogP contribution in [0.4, 0.5) is 0 Å². The maximum absolute atomic E-state index is 13.0. The van der Waals surface area contributed by atoms with Crippen LogP contribution < -0.4 is 5.32 Å². The highest BCUT2D eigenvalue weighted by Crippen LogP contribution is 2.27. The van der Waals surface area contributed by atoms with Crippen molar-refractivity contribution in [2.24, 2.45) is 0 Å². The van der Waals surface area contributed by atoms with E-state index in [1.54, 1.807) is 6.08 Å². The molecule has 0 aromatic heterocycles. The van der Waals surface area contributed by atoms with Crippen LogP contribution in [0.15, 0.2) is 12.2 Å². The Bertz CT molecular complexity index is 1160. The number of carbonyl (C=O) groups is 1. The van der Waals surface area contributed by atoms with Crippen molar-refractivity contribution in [2.75, 3.05) is 13.2 Å². The standard InChI is InChI=1S/C50H97NO10S/c1-3-5-7-9-11-13-15-17-18-19-20-21-22-23-24-25-26-28-30-32-34-36-38-40-46(54)51-43(42-60-50-48(56)49(62(57,58)59)47(55)45(41-52)61-50)44(53)39-37-35-33-31-29-27-16-14-12-10-8-6-4-2/h37,39,43-45,47-50,52-53,55-56H,3-36,38,40-42H2,1-2H3,(H,51,54)(H,57,58,59)/b39-37+/t43-,44+,45+,47-,48+,49-,50-/m0/s1. The second-order valence-corrected chi connectivity index (χ2v) is 20.0. The maximum Gasteiger partial charge on any atom is 0.273 e. The van der Waals surface area contributed by atoms with Crippen LogP contribution in [0, 0.1) is 0 Å². The van der Waals surface area contributed by atoms with Gasteiger partial charge in [-0.05, 0) is 19.3 Å². The van der Waals surface area contributed by atoms with Gasteiger partial charge in [0, 0.05) is 6.42 Å². The topological polar surface area (TPSA) is 183 Å². The van der Waals surface area contributed by atoms with E-state index < -0.39 is 58.7 Å². The number of aliphatic hydroxyl groups excluding tert-OH is 4. The first kappa shape index (κ1) is 58.9. The largest absolute Gasteiger partial charge is 0.394 e. The number of hydrogen-bond donors (Lipinski definition) is 6. The summed E-state index contributed by atoms with van der Waals surface area (Å²) in [7, 11) is -4.94. The van der Waals surface area contributed by atoms with E-state index in [1.807, 2.05) is 6.08 Å². The summed E-state index contributed by atoms with van der Waals surface area (Å²) in [5.41, 5.74) is 0. The third-order valence-corrected chi connectivity index (χ3v) is 13.9. The Hall–Kier alpha value is -1.12. The van der Waals surface area contributed by atoms with E-state index in [0.29, 0.717) is 6.42 Å². The van der Waals surface area contributed by atoms with Gasteiger partial charge in [0.15, 0.2) is 6.29 Å². The molecule has 1 fully saturated rings. The number of nitrogens with one attached hydrogen (secondary N) is 1. The molecule has 0 bridgehead atoms. The second-order valence-electron chi connectivity index (χ2n) is 18.5. The van der Waals surface area contributed by atoms with Crippen LogP contribution in [0.1, 0.15) is 245 Å². The minimum atomic E-state index is -4.94. The van der Waals surface area contributed by atoms with Crippen molar-refractivity contribution in [3.05, 3.63) is 12.2 Å². The molecule has 0 spiro atoms. The molecule has 7 atom stereocenters. The number of carbonyl (C=O) groups excluding carboxylic acids is 1. The second kappa shape index (κ2) is 40.2. The number of rotatable bonds is 44. The number of amides is 1. The van der Waals surface area contributed by atoms with Gasteiger partial charge in [0.2, 0.25) is 5.91 Å². The van der Waals surface area contributed by atoms with Crippen molar-refractivity contribution in [2.45, 2.75) is 287 Å². The molecule has 1 amide bonds. The molecule has 0 aromatic rings. The summed E-state index contributed by atoms with van der Waals surface area (Å²) in [5.74, 6) is -0.260. The molecular weight excluding hydrogens is 807 g/mol. The Morgan fingerprint density at radius 3 is 1.35 bits per heavy atom. The molecule has 0 aliphatic carbocycles. The number of allylic oxidation sites excluding steroid dienone is 1. The summed E-state index contributed by atoms with van der Waals surface area (Å²) < 4.78 is 44.7. The number of ether oxygens (including phenoxy) is 2. The number of hydrogen-bond acceptors (Lipinski definition) is 9. The molecule has 1 saturated heterocycles. The van der Waals surface area contributed by atoms with Crippen LogP contribution in [0.5, 0.6) is 0 Å². The molecule has 62 heavy (non-hydrogen) atoms. The maximum atomic E-state index is 13.0. The van der Waals surface area contributed by atoms with Gasteiger partial charge in [-0.3, -0.25) is 9.35 Å². The lowest BCUT2D eigenvalue weighted by atomic mass is 10.0. The van der Waals surface area contributed by atoms with Gasteiger partial charge >= 0.3 is 0 Å². The fourth-order valence-corrected chi connectivity index (χ4v) is 9.62. The first-order valence-electron chi connectivity index (χ1n) is 25.9. The van der Waals surface area contributed by atoms with E-state index in [1.165, 1.54) is 180 Å². The summed E-state index contributed by atoms with van der Waals surface area (Å²) in [6, 6.07) is -0.944. The molecule has 1 aliphatic heterocycles. The van der Waals surface area contributed by atoms with Gasteiger partial charge in [-0.15, -0.1) is 0 Å². The van der Waals surface area contributed by atoms with Gasteiger partial charge in [0.1, 0.15) is 23.6 Å². The van der Waals surface area contributed by atoms with Gasteiger partial charge in [0.25, 0.3) is 10.1 Å². The molecular formula is C50H97NO10S. The lowest BCUT2D eigenvalue weighted by Crippen LogP contribution is -2.62. The first-order valence-corrected chi connectivity index (χ1v) is 27.4. The number of aliphatic hydroxyl groups is 4. The Morgan fingerprint density at radius 1 is 0.613 bits per heavy atom. The quantitative estimate of drug-likeness (QED) is 0.0195. The summed E-state index contributed by atoms with van der Waals surface area (Å²) in [4.78, 5) is 13.0. The van der Waals surface area contributed by atoms with Gasteiger partial charge < -0.3 is 35.2 Å². The van der Waals surface area contributed by atoms with Crippen molar-refractivity contribution in [3.8, 4) is 0 Å². The Kier molecular flexibility index (Phi) is 38.2. The van der Waals surface area contributed by atoms with Gasteiger partial charge in [0.05, 0.1) is 25.4 Å². The predicted molar refractivity (Wildman–Crippen MR) is 254 cm³/mol. The molecule has 0 aromatic carbocycles. The summed E-state index contributed by atoms with van der Waals surface area (Å²) >= 11 is 0. The molecule has 1 rings (SSSR count). The highest BCUT2D eigenvalue weighted by atomic mass is 32.2. The SMILES string of the molecule is CCCCCCCCCCCCC/C=C/[C@@H](O)[C@H](CO[C@H]1O[C@H](CO)[C@H](O)[C@H](S(=O)(=O)O)[C@H]1O)NC(=O)CCCCCCCCCCCCCCCCCCCCCCCCC. The minimum Gasteiger partial charge on any atom is -0.394 e. The van der Waals surface area contributed by atoms with Crippen molar-refractivity contribution in [3.63, 3.8) is 0 Å². The molecule has 11 nitrogen and oxygen atoms in total. The van der Waals surface area contributed by atoms with Crippen LogP contribution in [0.2, 0.25) is 0 Å². The highest BCUT2D eigenvalue weighted by molar-refractivity contribution is 7.86. The molecule has 0 unspecified atom stereocenters. The van der Waals surface area contributed by atoms with E-state index >= 15 is 0 Å². The van der Waals surface area contributed by atoms with Crippen LogP contribution in [-0.4, -0.2) is 94.5 Å². The molecule has 1 heterocycles. The summed E-state index contributed by atoms with van der Waals surface area (Å²) in [6.07, 6.45) is 39.9. The zero-order valence-corrected chi connectivity index (χ0v) is 40.6. The van der Waals surface area contributed by atoms with Gasteiger partial charge in [-0.1, -0.05) is 231 Å². The zero-order chi connectivity index (χ0) is 45.5. The van der Waals surface area contributed by atoms with E-state index in [-0.39, 0.29) is 18.9 Å². The molecule has 0 radical (unpaired) electrons. The molecule has 12 heteroatoms. The van der Waals surface area contributed by atoms with Crippen LogP contribution in [0.3, 0.4) is 0 Å². The summed E-state index contributed by atoms with van der Waals surface area (Å²) in [6.45, 7) is 3.37. The fourth-order valence-electron chi connectivity index (χ4n) is 8.61. The van der Waals surface area contributed by atoms with Gasteiger partial charge in [-0.25, -0.2) is 0 Å². The van der Waals surface area contributed by atoms with Crippen molar-refractivity contribution >= 4 is 16.0 Å². The normalized spacial score (nSPS) is 20.5. The fraction of sp³-hybridized carbons (Fsp3) is 0.940. The lowest BCUT2D eigenvalue weighted by molar-refractivity contribution is -0.270. The average Bonchev–Trinajstić information content (AvgIpc) is 3.24. The molecule has 368 valence electrons. The van der Waals surface area contributed by atoms with E-state index in [2.05, 4.69) is 19.2 Å². The Balaban J connectivity index is 2.35. The predicted octanol–water partition coefficient (Wildman–Crippen LogP) is 11.2.